The lowest BCUT2D eigenvalue weighted by Crippen LogP contribution is -2.40. The SMILES string of the molecule is CC[C@@H](NC(=O)c1ccc(Cl)cc1Cl)C1=CCCN(C)C1. The second-order valence-corrected chi connectivity index (χ2v) is 6.21. The quantitative estimate of drug-likeness (QED) is 0.854. The van der Waals surface area contributed by atoms with Gasteiger partial charge < -0.3 is 10.2 Å². The minimum Gasteiger partial charge on any atom is -0.345 e. The third-order valence-electron chi connectivity index (χ3n) is 3.71. The average Bonchev–Trinajstić information content (AvgIpc) is 2.44. The van der Waals surface area contributed by atoms with Crippen molar-refractivity contribution in [1.29, 1.82) is 0 Å². The Morgan fingerprint density at radius 3 is 2.81 bits per heavy atom. The highest BCUT2D eigenvalue weighted by atomic mass is 35.5. The molecule has 0 bridgehead atoms. The van der Waals surface area contributed by atoms with Crippen LogP contribution in [-0.4, -0.2) is 37.0 Å². The van der Waals surface area contributed by atoms with Gasteiger partial charge in [-0.2, -0.15) is 0 Å². The van der Waals surface area contributed by atoms with E-state index in [1.54, 1.807) is 18.2 Å². The summed E-state index contributed by atoms with van der Waals surface area (Å²) in [7, 11) is 2.09. The van der Waals surface area contributed by atoms with Crippen molar-refractivity contribution < 1.29 is 4.79 Å². The number of hydrogen-bond acceptors (Lipinski definition) is 2. The number of amides is 1. The van der Waals surface area contributed by atoms with E-state index >= 15 is 0 Å². The zero-order chi connectivity index (χ0) is 15.4. The van der Waals surface area contributed by atoms with E-state index in [2.05, 4.69) is 30.3 Å². The van der Waals surface area contributed by atoms with Crippen LogP contribution in [0.3, 0.4) is 0 Å². The number of nitrogens with one attached hydrogen (secondary N) is 1. The Morgan fingerprint density at radius 1 is 1.43 bits per heavy atom. The van der Waals surface area contributed by atoms with Crippen LogP contribution in [0.2, 0.25) is 10.0 Å². The lowest BCUT2D eigenvalue weighted by Gasteiger charge is -2.28. The molecule has 1 aliphatic heterocycles. The summed E-state index contributed by atoms with van der Waals surface area (Å²) in [4.78, 5) is 14.7. The lowest BCUT2D eigenvalue weighted by atomic mass is 9.99. The molecule has 1 atom stereocenters. The van der Waals surface area contributed by atoms with Crippen LogP contribution in [0.15, 0.2) is 29.8 Å². The predicted molar refractivity (Wildman–Crippen MR) is 88.2 cm³/mol. The van der Waals surface area contributed by atoms with Gasteiger partial charge in [0.1, 0.15) is 0 Å². The van der Waals surface area contributed by atoms with Gasteiger partial charge in [0.05, 0.1) is 16.6 Å². The van der Waals surface area contributed by atoms with E-state index in [1.165, 1.54) is 5.57 Å². The van der Waals surface area contributed by atoms with Gasteiger partial charge in [-0.05, 0) is 43.7 Å². The summed E-state index contributed by atoms with van der Waals surface area (Å²) in [6.45, 7) is 4.04. The molecule has 5 heteroatoms. The molecule has 1 aliphatic rings. The summed E-state index contributed by atoms with van der Waals surface area (Å²) in [6.07, 6.45) is 4.12. The van der Waals surface area contributed by atoms with Crippen LogP contribution in [0, 0.1) is 0 Å². The van der Waals surface area contributed by atoms with Gasteiger partial charge in [-0.3, -0.25) is 4.79 Å². The fraction of sp³-hybridized carbons (Fsp3) is 0.438. The first-order chi connectivity index (χ1) is 10.0. The number of halogens is 2. The number of likely N-dealkylation sites (N-methyl/N-ethyl adjacent to an activating group) is 1. The molecule has 1 N–H and O–H groups in total. The molecule has 114 valence electrons. The number of benzene rings is 1. The van der Waals surface area contributed by atoms with Crippen molar-refractivity contribution >= 4 is 29.1 Å². The van der Waals surface area contributed by atoms with Crippen LogP contribution in [0.5, 0.6) is 0 Å². The Labute approximate surface area is 135 Å². The van der Waals surface area contributed by atoms with Gasteiger partial charge in [0, 0.05) is 18.1 Å². The summed E-state index contributed by atoms with van der Waals surface area (Å²) < 4.78 is 0. The molecule has 0 saturated heterocycles. The maximum atomic E-state index is 12.4. The molecule has 1 amide bonds. The zero-order valence-electron chi connectivity index (χ0n) is 12.3. The van der Waals surface area contributed by atoms with E-state index in [1.807, 2.05) is 0 Å². The third kappa shape index (κ3) is 4.22. The predicted octanol–water partition coefficient (Wildman–Crippen LogP) is 3.76. The van der Waals surface area contributed by atoms with Crippen LogP contribution in [0.4, 0.5) is 0 Å². The molecule has 0 unspecified atom stereocenters. The van der Waals surface area contributed by atoms with Crippen LogP contribution < -0.4 is 5.32 Å². The highest BCUT2D eigenvalue weighted by Crippen LogP contribution is 2.22. The Balaban J connectivity index is 2.11. The molecule has 0 spiro atoms. The standard InChI is InChI=1S/C16H20Cl2N2O/c1-3-15(11-5-4-8-20(2)10-11)19-16(21)13-7-6-12(17)9-14(13)18/h5-7,9,15H,3-4,8,10H2,1-2H3,(H,19,21)/t15-/m1/s1. The topological polar surface area (TPSA) is 32.3 Å². The van der Waals surface area contributed by atoms with Crippen LogP contribution >= 0.6 is 23.2 Å². The van der Waals surface area contributed by atoms with Gasteiger partial charge in [-0.25, -0.2) is 0 Å². The fourth-order valence-electron chi connectivity index (χ4n) is 2.54. The zero-order valence-corrected chi connectivity index (χ0v) is 13.8. The number of rotatable bonds is 4. The van der Waals surface area contributed by atoms with Crippen molar-refractivity contribution in [3.8, 4) is 0 Å². The smallest absolute Gasteiger partial charge is 0.253 e. The van der Waals surface area contributed by atoms with Gasteiger partial charge in [-0.15, -0.1) is 0 Å². The van der Waals surface area contributed by atoms with Crippen LogP contribution in [-0.2, 0) is 0 Å². The molecule has 0 saturated carbocycles. The Morgan fingerprint density at radius 2 is 2.19 bits per heavy atom. The molecule has 0 radical (unpaired) electrons. The van der Waals surface area contributed by atoms with Crippen molar-refractivity contribution in [2.45, 2.75) is 25.8 Å². The molecule has 2 rings (SSSR count). The number of carbonyl (C=O) groups is 1. The first-order valence-electron chi connectivity index (χ1n) is 7.14. The molecule has 21 heavy (non-hydrogen) atoms. The second kappa shape index (κ2) is 7.30. The Kier molecular flexibility index (Phi) is 5.68. The maximum absolute atomic E-state index is 12.4. The highest BCUT2D eigenvalue weighted by Gasteiger charge is 2.20. The first kappa shape index (κ1) is 16.3. The molecule has 1 heterocycles. The van der Waals surface area contributed by atoms with Crippen molar-refractivity contribution in [2.75, 3.05) is 20.1 Å². The molecule has 0 aromatic heterocycles. The normalized spacial score (nSPS) is 17.2. The average molecular weight is 327 g/mol. The molecule has 1 aromatic carbocycles. The first-order valence-corrected chi connectivity index (χ1v) is 7.90. The number of carbonyl (C=O) groups excluding carboxylic acids is 1. The third-order valence-corrected chi connectivity index (χ3v) is 4.25. The van der Waals surface area contributed by atoms with Crippen molar-refractivity contribution in [3.63, 3.8) is 0 Å². The van der Waals surface area contributed by atoms with Crippen LogP contribution in [0.1, 0.15) is 30.1 Å². The van der Waals surface area contributed by atoms with Gasteiger partial charge in [0.2, 0.25) is 0 Å². The van der Waals surface area contributed by atoms with Gasteiger partial charge in [0.15, 0.2) is 0 Å². The molecular formula is C16H20Cl2N2O. The minimum absolute atomic E-state index is 0.0481. The maximum Gasteiger partial charge on any atom is 0.253 e. The van der Waals surface area contributed by atoms with Gasteiger partial charge in [-0.1, -0.05) is 36.2 Å². The van der Waals surface area contributed by atoms with E-state index < -0.39 is 0 Å². The van der Waals surface area contributed by atoms with Gasteiger partial charge >= 0.3 is 0 Å². The fourth-order valence-corrected chi connectivity index (χ4v) is 3.04. The molecular weight excluding hydrogens is 307 g/mol. The van der Waals surface area contributed by atoms with Gasteiger partial charge in [0.25, 0.3) is 5.91 Å². The summed E-state index contributed by atoms with van der Waals surface area (Å²) in [5.74, 6) is -0.155. The van der Waals surface area contributed by atoms with Crippen LogP contribution in [0.25, 0.3) is 0 Å². The van der Waals surface area contributed by atoms with E-state index in [9.17, 15) is 4.79 Å². The summed E-state index contributed by atoms with van der Waals surface area (Å²) >= 11 is 12.0. The number of hydrogen-bond donors (Lipinski definition) is 1. The molecule has 3 nitrogen and oxygen atoms in total. The lowest BCUT2D eigenvalue weighted by molar-refractivity contribution is 0.0940. The van der Waals surface area contributed by atoms with E-state index in [0.29, 0.717) is 15.6 Å². The van der Waals surface area contributed by atoms with Crippen molar-refractivity contribution in [1.82, 2.24) is 10.2 Å². The molecule has 1 aromatic rings. The molecule has 0 fully saturated rings. The van der Waals surface area contributed by atoms with E-state index in [0.717, 1.165) is 25.9 Å². The number of nitrogens with zero attached hydrogens (tertiary/aromatic N) is 1. The second-order valence-electron chi connectivity index (χ2n) is 5.36. The summed E-state index contributed by atoms with van der Waals surface area (Å²) in [5.41, 5.74) is 1.73. The summed E-state index contributed by atoms with van der Waals surface area (Å²) in [5, 5.41) is 3.98. The minimum atomic E-state index is -0.155. The van der Waals surface area contributed by atoms with Crippen molar-refractivity contribution in [3.05, 3.63) is 45.5 Å². The highest BCUT2D eigenvalue weighted by molar-refractivity contribution is 6.36. The van der Waals surface area contributed by atoms with E-state index in [-0.39, 0.29) is 11.9 Å². The van der Waals surface area contributed by atoms with E-state index in [4.69, 9.17) is 23.2 Å². The van der Waals surface area contributed by atoms with Crippen molar-refractivity contribution in [2.24, 2.45) is 0 Å². The summed E-state index contributed by atoms with van der Waals surface area (Å²) in [6, 6.07) is 4.98. The Hall–Kier alpha value is -1.03. The molecule has 0 aliphatic carbocycles. The Bertz CT molecular complexity index is 557. The monoisotopic (exact) mass is 326 g/mol. The largest absolute Gasteiger partial charge is 0.345 e.